The van der Waals surface area contributed by atoms with Crippen LogP contribution < -0.4 is 10.3 Å². The lowest BCUT2D eigenvalue weighted by Crippen LogP contribution is -2.22. The Morgan fingerprint density at radius 3 is 2.67 bits per heavy atom. The quantitative estimate of drug-likeness (QED) is 0.729. The Balaban J connectivity index is 2.30. The van der Waals surface area contributed by atoms with E-state index in [4.69, 9.17) is 16.3 Å². The number of ether oxygens (including phenoxy) is 1. The second-order valence-corrected chi connectivity index (χ2v) is 5.04. The van der Waals surface area contributed by atoms with E-state index in [1.165, 1.54) is 0 Å². The van der Waals surface area contributed by atoms with Gasteiger partial charge in [0, 0.05) is 0 Å². The van der Waals surface area contributed by atoms with Gasteiger partial charge in [0.1, 0.15) is 11.6 Å². The van der Waals surface area contributed by atoms with E-state index in [-0.39, 0.29) is 5.56 Å². The van der Waals surface area contributed by atoms with Crippen LogP contribution in [-0.2, 0) is 0 Å². The summed E-state index contributed by atoms with van der Waals surface area (Å²) in [5.41, 5.74) is 1.25. The van der Waals surface area contributed by atoms with E-state index in [0.717, 1.165) is 0 Å². The first kappa shape index (κ1) is 13.6. The number of rotatable bonds is 2. The molecule has 0 amide bonds. The number of fused-ring (bicyclic) bond motifs is 1. The van der Waals surface area contributed by atoms with E-state index in [9.17, 15) is 4.79 Å². The van der Waals surface area contributed by atoms with E-state index in [2.05, 4.69) is 4.98 Å². The maximum Gasteiger partial charge on any atom is 0.265 e. The van der Waals surface area contributed by atoms with E-state index >= 15 is 0 Å². The van der Waals surface area contributed by atoms with Crippen LogP contribution in [0.4, 0.5) is 0 Å². The standard InChI is InChI=1S/C16H13ClN2O2/c1-10-18-14-6-4-3-5-12(14)16(20)19(10)11-7-8-15(21-2)13(17)9-11/h3-9H,1-2H3. The normalized spacial score (nSPS) is 10.8. The van der Waals surface area contributed by atoms with Crippen LogP contribution in [0.3, 0.4) is 0 Å². The summed E-state index contributed by atoms with van der Waals surface area (Å²) in [7, 11) is 1.55. The Morgan fingerprint density at radius 2 is 1.95 bits per heavy atom. The van der Waals surface area contributed by atoms with Crippen molar-refractivity contribution in [2.75, 3.05) is 7.11 Å². The first-order valence-electron chi connectivity index (χ1n) is 6.44. The molecule has 0 aliphatic rings. The highest BCUT2D eigenvalue weighted by molar-refractivity contribution is 6.32. The number of methoxy groups -OCH3 is 1. The molecule has 0 atom stereocenters. The largest absolute Gasteiger partial charge is 0.495 e. The molecule has 0 fully saturated rings. The predicted molar refractivity (Wildman–Crippen MR) is 83.6 cm³/mol. The van der Waals surface area contributed by atoms with Crippen molar-refractivity contribution in [2.45, 2.75) is 6.92 Å². The van der Waals surface area contributed by atoms with Gasteiger partial charge in [-0.3, -0.25) is 9.36 Å². The average Bonchev–Trinajstić information content (AvgIpc) is 2.47. The van der Waals surface area contributed by atoms with Crippen LogP contribution in [0.1, 0.15) is 5.82 Å². The fraction of sp³-hybridized carbons (Fsp3) is 0.125. The van der Waals surface area contributed by atoms with Crippen molar-refractivity contribution in [3.05, 3.63) is 63.7 Å². The molecule has 0 unspecified atom stereocenters. The summed E-state index contributed by atoms with van der Waals surface area (Å²) >= 11 is 6.14. The van der Waals surface area contributed by atoms with Gasteiger partial charge in [-0.2, -0.15) is 0 Å². The summed E-state index contributed by atoms with van der Waals surface area (Å²) < 4.78 is 6.68. The molecule has 106 valence electrons. The first-order valence-corrected chi connectivity index (χ1v) is 6.82. The van der Waals surface area contributed by atoms with E-state index in [1.807, 2.05) is 18.2 Å². The molecule has 0 aliphatic carbocycles. The number of benzene rings is 2. The van der Waals surface area contributed by atoms with Crippen molar-refractivity contribution in [3.8, 4) is 11.4 Å². The van der Waals surface area contributed by atoms with Crippen LogP contribution in [0.5, 0.6) is 5.75 Å². The van der Waals surface area contributed by atoms with Crippen LogP contribution in [0.2, 0.25) is 5.02 Å². The van der Waals surface area contributed by atoms with E-state index in [1.54, 1.807) is 42.9 Å². The molecule has 0 saturated carbocycles. The Hall–Kier alpha value is -2.33. The van der Waals surface area contributed by atoms with Gasteiger partial charge in [-0.1, -0.05) is 23.7 Å². The lowest BCUT2D eigenvalue weighted by atomic mass is 10.2. The van der Waals surface area contributed by atoms with Gasteiger partial charge in [0.05, 0.1) is 28.7 Å². The van der Waals surface area contributed by atoms with Gasteiger partial charge in [0.15, 0.2) is 0 Å². The molecular formula is C16H13ClN2O2. The van der Waals surface area contributed by atoms with Crippen molar-refractivity contribution in [2.24, 2.45) is 0 Å². The Morgan fingerprint density at radius 1 is 1.19 bits per heavy atom. The molecule has 0 radical (unpaired) electrons. The molecule has 0 saturated heterocycles. The van der Waals surface area contributed by atoms with Gasteiger partial charge in [-0.15, -0.1) is 0 Å². The van der Waals surface area contributed by atoms with Gasteiger partial charge in [-0.25, -0.2) is 4.98 Å². The van der Waals surface area contributed by atoms with Crippen LogP contribution in [0, 0.1) is 6.92 Å². The lowest BCUT2D eigenvalue weighted by molar-refractivity contribution is 0.415. The molecule has 3 rings (SSSR count). The predicted octanol–water partition coefficient (Wildman–Crippen LogP) is 3.36. The van der Waals surface area contributed by atoms with Gasteiger partial charge < -0.3 is 4.74 Å². The van der Waals surface area contributed by atoms with Crippen molar-refractivity contribution in [1.82, 2.24) is 9.55 Å². The minimum atomic E-state index is -0.112. The molecule has 5 heteroatoms. The third kappa shape index (κ3) is 2.28. The Kier molecular flexibility index (Phi) is 3.39. The SMILES string of the molecule is COc1ccc(-n2c(C)nc3ccccc3c2=O)cc1Cl. The molecule has 3 aromatic rings. The van der Waals surface area contributed by atoms with Crippen molar-refractivity contribution in [1.29, 1.82) is 0 Å². The van der Waals surface area contributed by atoms with E-state index < -0.39 is 0 Å². The van der Waals surface area contributed by atoms with Crippen LogP contribution in [-0.4, -0.2) is 16.7 Å². The zero-order valence-electron chi connectivity index (χ0n) is 11.6. The van der Waals surface area contributed by atoms with Crippen LogP contribution >= 0.6 is 11.6 Å². The van der Waals surface area contributed by atoms with Crippen molar-refractivity contribution < 1.29 is 4.74 Å². The number of para-hydroxylation sites is 1. The first-order chi connectivity index (χ1) is 10.1. The summed E-state index contributed by atoms with van der Waals surface area (Å²) in [4.78, 5) is 17.1. The molecule has 4 nitrogen and oxygen atoms in total. The van der Waals surface area contributed by atoms with E-state index in [0.29, 0.717) is 33.2 Å². The van der Waals surface area contributed by atoms with Gasteiger partial charge >= 0.3 is 0 Å². The summed E-state index contributed by atoms with van der Waals surface area (Å²) in [6, 6.07) is 12.5. The smallest absolute Gasteiger partial charge is 0.265 e. The molecule has 0 bridgehead atoms. The molecule has 1 aromatic heterocycles. The second-order valence-electron chi connectivity index (χ2n) is 4.64. The molecule has 2 aromatic carbocycles. The highest BCUT2D eigenvalue weighted by Crippen LogP contribution is 2.26. The molecule has 0 aliphatic heterocycles. The number of hydrogen-bond donors (Lipinski definition) is 0. The Bertz CT molecular complexity index is 887. The van der Waals surface area contributed by atoms with Gasteiger partial charge in [-0.05, 0) is 37.3 Å². The highest BCUT2D eigenvalue weighted by atomic mass is 35.5. The summed E-state index contributed by atoms with van der Waals surface area (Å²) in [5.74, 6) is 1.18. The zero-order valence-corrected chi connectivity index (χ0v) is 12.4. The topological polar surface area (TPSA) is 44.1 Å². The second kappa shape index (κ2) is 5.22. The minimum absolute atomic E-state index is 0.112. The third-order valence-electron chi connectivity index (χ3n) is 3.34. The number of halogens is 1. The zero-order chi connectivity index (χ0) is 15.0. The molecule has 1 heterocycles. The summed E-state index contributed by atoms with van der Waals surface area (Å²) in [6.07, 6.45) is 0. The molecular weight excluding hydrogens is 288 g/mol. The monoisotopic (exact) mass is 300 g/mol. The fourth-order valence-electron chi connectivity index (χ4n) is 2.34. The maximum atomic E-state index is 12.7. The van der Waals surface area contributed by atoms with Crippen molar-refractivity contribution in [3.63, 3.8) is 0 Å². The summed E-state index contributed by atoms with van der Waals surface area (Å²) in [6.45, 7) is 1.80. The Labute approximate surface area is 126 Å². The number of aryl methyl sites for hydroxylation is 1. The minimum Gasteiger partial charge on any atom is -0.495 e. The van der Waals surface area contributed by atoms with Crippen LogP contribution in [0.25, 0.3) is 16.6 Å². The van der Waals surface area contributed by atoms with Gasteiger partial charge in [0.25, 0.3) is 5.56 Å². The highest BCUT2D eigenvalue weighted by Gasteiger charge is 2.11. The number of aromatic nitrogens is 2. The number of hydrogen-bond acceptors (Lipinski definition) is 3. The summed E-state index contributed by atoms with van der Waals surface area (Å²) in [5, 5.41) is 1.03. The lowest BCUT2D eigenvalue weighted by Gasteiger charge is -2.12. The molecule has 0 N–H and O–H groups in total. The maximum absolute atomic E-state index is 12.7. The molecule has 21 heavy (non-hydrogen) atoms. The fourth-order valence-corrected chi connectivity index (χ4v) is 2.59. The molecule has 0 spiro atoms. The van der Waals surface area contributed by atoms with Crippen LogP contribution in [0.15, 0.2) is 47.3 Å². The van der Waals surface area contributed by atoms with Gasteiger partial charge in [0.2, 0.25) is 0 Å². The van der Waals surface area contributed by atoms with Crippen molar-refractivity contribution >= 4 is 22.5 Å². The number of nitrogens with zero attached hydrogens (tertiary/aromatic N) is 2. The average molecular weight is 301 g/mol. The third-order valence-corrected chi connectivity index (χ3v) is 3.63.